The smallest absolute Gasteiger partial charge is 0.239 e. The standard InChI is InChI=1S/C10H14N2O2/c1-12-9(10(11)13)7-5-3-4-6-8(7)14-2/h3-6,9,12H,1-2H3,(H2,11,13)/t9-/m1/s1. The summed E-state index contributed by atoms with van der Waals surface area (Å²) in [5.74, 6) is 0.239. The number of ether oxygens (including phenoxy) is 1. The van der Waals surface area contributed by atoms with Crippen LogP contribution in [0.3, 0.4) is 0 Å². The molecule has 0 spiro atoms. The fourth-order valence-electron chi connectivity index (χ4n) is 1.36. The number of para-hydroxylation sites is 1. The van der Waals surface area contributed by atoms with Gasteiger partial charge in [0, 0.05) is 5.56 Å². The molecule has 0 aliphatic rings. The van der Waals surface area contributed by atoms with E-state index in [1.807, 2.05) is 18.2 Å². The van der Waals surface area contributed by atoms with Crippen LogP contribution in [-0.4, -0.2) is 20.1 Å². The van der Waals surface area contributed by atoms with E-state index in [2.05, 4.69) is 5.32 Å². The van der Waals surface area contributed by atoms with Crippen molar-refractivity contribution in [3.05, 3.63) is 29.8 Å². The molecule has 0 radical (unpaired) electrons. The molecule has 14 heavy (non-hydrogen) atoms. The highest BCUT2D eigenvalue weighted by atomic mass is 16.5. The van der Waals surface area contributed by atoms with E-state index in [9.17, 15) is 4.79 Å². The minimum absolute atomic E-state index is 0.419. The van der Waals surface area contributed by atoms with Gasteiger partial charge in [-0.15, -0.1) is 0 Å². The molecule has 0 bridgehead atoms. The van der Waals surface area contributed by atoms with Gasteiger partial charge in [-0.1, -0.05) is 18.2 Å². The summed E-state index contributed by atoms with van der Waals surface area (Å²) in [4.78, 5) is 11.1. The maximum Gasteiger partial charge on any atom is 0.239 e. The fourth-order valence-corrected chi connectivity index (χ4v) is 1.36. The Morgan fingerprint density at radius 2 is 2.14 bits per heavy atom. The number of benzene rings is 1. The molecule has 0 heterocycles. The van der Waals surface area contributed by atoms with Crippen molar-refractivity contribution in [1.29, 1.82) is 0 Å². The van der Waals surface area contributed by atoms with Gasteiger partial charge >= 0.3 is 0 Å². The Bertz CT molecular complexity index is 326. The minimum Gasteiger partial charge on any atom is -0.496 e. The molecule has 4 nitrogen and oxygen atoms in total. The molecule has 0 saturated heterocycles. The second kappa shape index (κ2) is 4.62. The number of hydrogen-bond acceptors (Lipinski definition) is 3. The van der Waals surface area contributed by atoms with E-state index in [4.69, 9.17) is 10.5 Å². The maximum atomic E-state index is 11.1. The Morgan fingerprint density at radius 1 is 1.50 bits per heavy atom. The molecule has 4 heteroatoms. The zero-order valence-electron chi connectivity index (χ0n) is 8.28. The van der Waals surface area contributed by atoms with Gasteiger partial charge in [0.15, 0.2) is 0 Å². The first-order valence-corrected chi connectivity index (χ1v) is 4.30. The SMILES string of the molecule is CN[C@@H](C(N)=O)c1ccccc1OC. The molecule has 0 aromatic heterocycles. The van der Waals surface area contributed by atoms with Gasteiger partial charge < -0.3 is 15.8 Å². The van der Waals surface area contributed by atoms with E-state index >= 15 is 0 Å². The van der Waals surface area contributed by atoms with Crippen molar-refractivity contribution >= 4 is 5.91 Å². The van der Waals surface area contributed by atoms with Gasteiger partial charge in [0.1, 0.15) is 11.8 Å². The summed E-state index contributed by atoms with van der Waals surface area (Å²) >= 11 is 0. The van der Waals surface area contributed by atoms with Crippen molar-refractivity contribution in [3.63, 3.8) is 0 Å². The molecule has 76 valence electrons. The summed E-state index contributed by atoms with van der Waals surface area (Å²) in [5, 5.41) is 2.84. The summed E-state index contributed by atoms with van der Waals surface area (Å²) in [6.45, 7) is 0. The first-order chi connectivity index (χ1) is 6.70. The molecular weight excluding hydrogens is 180 g/mol. The molecule has 1 aromatic carbocycles. The van der Waals surface area contributed by atoms with Crippen LogP contribution in [0.25, 0.3) is 0 Å². The zero-order chi connectivity index (χ0) is 10.6. The normalized spacial score (nSPS) is 12.1. The van der Waals surface area contributed by atoms with Gasteiger partial charge in [-0.25, -0.2) is 0 Å². The van der Waals surface area contributed by atoms with Crippen LogP contribution in [0.5, 0.6) is 5.75 Å². The summed E-state index contributed by atoms with van der Waals surface area (Å²) in [6.07, 6.45) is 0. The van der Waals surface area contributed by atoms with Crippen LogP contribution < -0.4 is 15.8 Å². The summed E-state index contributed by atoms with van der Waals surface area (Å²) in [6, 6.07) is 6.78. The lowest BCUT2D eigenvalue weighted by atomic mass is 10.1. The lowest BCUT2D eigenvalue weighted by Gasteiger charge is -2.15. The zero-order valence-corrected chi connectivity index (χ0v) is 8.28. The molecule has 1 rings (SSSR count). The Kier molecular flexibility index (Phi) is 3.48. The van der Waals surface area contributed by atoms with Crippen molar-refractivity contribution in [2.45, 2.75) is 6.04 Å². The first-order valence-electron chi connectivity index (χ1n) is 4.30. The van der Waals surface area contributed by atoms with Crippen molar-refractivity contribution in [2.75, 3.05) is 14.2 Å². The predicted octanol–water partition coefficient (Wildman–Crippen LogP) is 0.441. The van der Waals surface area contributed by atoms with Gasteiger partial charge in [-0.2, -0.15) is 0 Å². The highest BCUT2D eigenvalue weighted by Gasteiger charge is 2.18. The van der Waals surface area contributed by atoms with Crippen molar-refractivity contribution in [2.24, 2.45) is 5.73 Å². The molecule has 1 aromatic rings. The van der Waals surface area contributed by atoms with Crippen LogP contribution in [0.4, 0.5) is 0 Å². The molecule has 0 aliphatic carbocycles. The molecule has 3 N–H and O–H groups in total. The van der Waals surface area contributed by atoms with E-state index < -0.39 is 11.9 Å². The van der Waals surface area contributed by atoms with Crippen LogP contribution in [-0.2, 0) is 4.79 Å². The van der Waals surface area contributed by atoms with E-state index in [0.717, 1.165) is 5.56 Å². The van der Waals surface area contributed by atoms with Crippen molar-refractivity contribution < 1.29 is 9.53 Å². The summed E-state index contributed by atoms with van der Waals surface area (Å²) in [7, 11) is 3.24. The van der Waals surface area contributed by atoms with Crippen LogP contribution in [0.2, 0.25) is 0 Å². The Labute approximate surface area is 83.1 Å². The van der Waals surface area contributed by atoms with E-state index in [0.29, 0.717) is 5.75 Å². The van der Waals surface area contributed by atoms with E-state index in [-0.39, 0.29) is 0 Å². The average molecular weight is 194 g/mol. The predicted molar refractivity (Wildman–Crippen MR) is 54.0 cm³/mol. The Hall–Kier alpha value is -1.55. The van der Waals surface area contributed by atoms with Crippen molar-refractivity contribution in [3.8, 4) is 5.75 Å². The number of carbonyl (C=O) groups is 1. The van der Waals surface area contributed by atoms with Gasteiger partial charge in [-0.3, -0.25) is 4.79 Å². The van der Waals surface area contributed by atoms with Crippen molar-refractivity contribution in [1.82, 2.24) is 5.32 Å². The van der Waals surface area contributed by atoms with E-state index in [1.54, 1.807) is 20.2 Å². The number of amides is 1. The number of nitrogens with two attached hydrogens (primary N) is 1. The molecule has 1 atom stereocenters. The highest BCUT2D eigenvalue weighted by molar-refractivity contribution is 5.82. The Balaban J connectivity index is 3.08. The molecule has 0 aliphatic heterocycles. The topological polar surface area (TPSA) is 64.3 Å². The van der Waals surface area contributed by atoms with E-state index in [1.165, 1.54) is 0 Å². The lowest BCUT2D eigenvalue weighted by molar-refractivity contribution is -0.120. The number of hydrogen-bond donors (Lipinski definition) is 2. The maximum absolute atomic E-state index is 11.1. The number of primary amides is 1. The second-order valence-electron chi connectivity index (χ2n) is 2.87. The number of likely N-dealkylation sites (N-methyl/N-ethyl adjacent to an activating group) is 1. The molecule has 0 saturated carbocycles. The quantitative estimate of drug-likeness (QED) is 0.731. The average Bonchev–Trinajstić information content (AvgIpc) is 2.19. The second-order valence-corrected chi connectivity index (χ2v) is 2.87. The number of methoxy groups -OCH3 is 1. The van der Waals surface area contributed by atoms with Crippen LogP contribution in [0, 0.1) is 0 Å². The summed E-state index contributed by atoms with van der Waals surface area (Å²) < 4.78 is 5.13. The van der Waals surface area contributed by atoms with Gasteiger partial charge in [-0.05, 0) is 13.1 Å². The molecule has 0 unspecified atom stereocenters. The number of carbonyl (C=O) groups excluding carboxylic acids is 1. The molecule has 0 fully saturated rings. The molecular formula is C10H14N2O2. The van der Waals surface area contributed by atoms with Gasteiger partial charge in [0.25, 0.3) is 0 Å². The third-order valence-electron chi connectivity index (χ3n) is 2.02. The minimum atomic E-state index is -0.508. The largest absolute Gasteiger partial charge is 0.496 e. The van der Waals surface area contributed by atoms with Crippen LogP contribution >= 0.6 is 0 Å². The molecule has 1 amide bonds. The van der Waals surface area contributed by atoms with Crippen LogP contribution in [0.15, 0.2) is 24.3 Å². The summed E-state index contributed by atoms with van der Waals surface area (Å²) in [5.41, 5.74) is 6.00. The van der Waals surface area contributed by atoms with Crippen LogP contribution in [0.1, 0.15) is 11.6 Å². The highest BCUT2D eigenvalue weighted by Crippen LogP contribution is 2.23. The third kappa shape index (κ3) is 2.03. The fraction of sp³-hybridized carbons (Fsp3) is 0.300. The van der Waals surface area contributed by atoms with Gasteiger partial charge in [0.2, 0.25) is 5.91 Å². The number of nitrogens with one attached hydrogen (secondary N) is 1. The monoisotopic (exact) mass is 194 g/mol. The third-order valence-corrected chi connectivity index (χ3v) is 2.02. The van der Waals surface area contributed by atoms with Gasteiger partial charge in [0.05, 0.1) is 7.11 Å². The number of rotatable bonds is 4. The first kappa shape index (κ1) is 10.5. The Morgan fingerprint density at radius 3 is 2.64 bits per heavy atom. The lowest BCUT2D eigenvalue weighted by Crippen LogP contribution is -2.31.